The van der Waals surface area contributed by atoms with Crippen molar-refractivity contribution in [3.8, 4) is 28.8 Å². The Morgan fingerprint density at radius 2 is 1.82 bits per heavy atom. The number of hydrogen-bond acceptors (Lipinski definition) is 5. The number of nitrogens with zero attached hydrogens (tertiary/aromatic N) is 3. The molecule has 8 nitrogen and oxygen atoms in total. The molecule has 0 saturated carbocycles. The molecular weight excluding hydrogens is 427 g/mol. The van der Waals surface area contributed by atoms with Gasteiger partial charge in [0.05, 0.1) is 27.9 Å². The molecule has 0 aliphatic rings. The van der Waals surface area contributed by atoms with E-state index >= 15 is 0 Å². The number of aryl methyl sites for hydroxylation is 1. The van der Waals surface area contributed by atoms with Gasteiger partial charge in [0.15, 0.2) is 11.4 Å². The number of carboxylic acid groups (broad SMARTS) is 1. The number of carbonyl (C=O) groups is 2. The smallest absolute Gasteiger partial charge is 0.322 e. The molecular formula is C24H17FN4O4. The Bertz CT molecular complexity index is 1440. The first-order chi connectivity index (χ1) is 15.8. The van der Waals surface area contributed by atoms with Gasteiger partial charge in [-0.1, -0.05) is 18.2 Å². The van der Waals surface area contributed by atoms with Crippen molar-refractivity contribution in [3.05, 3.63) is 77.4 Å². The molecule has 0 bridgehead atoms. The third kappa shape index (κ3) is 3.74. The van der Waals surface area contributed by atoms with Crippen molar-refractivity contribution in [2.45, 2.75) is 6.92 Å². The van der Waals surface area contributed by atoms with E-state index in [1.165, 1.54) is 24.3 Å². The van der Waals surface area contributed by atoms with Gasteiger partial charge >= 0.3 is 5.97 Å². The fraction of sp³-hybridized carbons (Fsp3) is 0.0833. The summed E-state index contributed by atoms with van der Waals surface area (Å²) in [4.78, 5) is 27.5. The number of aromatic nitrogens is 2. The van der Waals surface area contributed by atoms with Crippen LogP contribution < -0.4 is 5.32 Å². The summed E-state index contributed by atoms with van der Waals surface area (Å²) in [5, 5.41) is 32.2. The van der Waals surface area contributed by atoms with Gasteiger partial charge in [0, 0.05) is 11.3 Å². The number of carbonyl (C=O) groups excluding carboxylic acids is 1. The maximum atomic E-state index is 13.6. The monoisotopic (exact) mass is 444 g/mol. The Morgan fingerprint density at radius 3 is 2.42 bits per heavy atom. The van der Waals surface area contributed by atoms with Gasteiger partial charge < -0.3 is 20.1 Å². The Hall–Kier alpha value is -4.71. The number of fused-ring (bicyclic) bond motifs is 1. The Kier molecular flexibility index (Phi) is 5.50. The zero-order chi connectivity index (χ0) is 23.7. The molecule has 3 N–H and O–H groups in total. The molecule has 0 fully saturated rings. The molecule has 0 aliphatic heterocycles. The van der Waals surface area contributed by atoms with Gasteiger partial charge in [-0.2, -0.15) is 5.26 Å². The number of pyridine rings is 1. The van der Waals surface area contributed by atoms with Gasteiger partial charge in [0.2, 0.25) is 0 Å². The average molecular weight is 444 g/mol. The van der Waals surface area contributed by atoms with Crippen molar-refractivity contribution in [3.63, 3.8) is 0 Å². The van der Waals surface area contributed by atoms with Gasteiger partial charge in [0.1, 0.15) is 18.4 Å². The Morgan fingerprint density at radius 1 is 1.15 bits per heavy atom. The molecule has 4 aromatic rings. The average Bonchev–Trinajstić information content (AvgIpc) is 3.17. The summed E-state index contributed by atoms with van der Waals surface area (Å²) in [6, 6.07) is 16.7. The summed E-state index contributed by atoms with van der Waals surface area (Å²) in [6.07, 6.45) is 0. The number of benzene rings is 2. The number of nitrogens with one attached hydrogen (secondary N) is 1. The van der Waals surface area contributed by atoms with Crippen LogP contribution >= 0.6 is 0 Å². The Balaban J connectivity index is 2.10. The van der Waals surface area contributed by atoms with Crippen LogP contribution in [-0.2, 0) is 4.79 Å². The summed E-state index contributed by atoms with van der Waals surface area (Å²) < 4.78 is 15.3. The van der Waals surface area contributed by atoms with Crippen LogP contribution in [0.1, 0.15) is 21.7 Å². The van der Waals surface area contributed by atoms with Crippen LogP contribution in [0.15, 0.2) is 54.6 Å². The number of para-hydroxylation sites is 1. The van der Waals surface area contributed by atoms with Crippen LogP contribution in [0, 0.1) is 24.1 Å². The first kappa shape index (κ1) is 21.5. The minimum Gasteiger partial charge on any atom is -0.505 e. The predicted octanol–water partition coefficient (Wildman–Crippen LogP) is 3.53. The van der Waals surface area contributed by atoms with Gasteiger partial charge in [-0.15, -0.1) is 0 Å². The highest BCUT2D eigenvalue weighted by Gasteiger charge is 2.28. The predicted molar refractivity (Wildman–Crippen MR) is 118 cm³/mol. The number of aromatic hydroxyl groups is 1. The van der Waals surface area contributed by atoms with Crippen molar-refractivity contribution >= 4 is 22.8 Å². The molecule has 0 radical (unpaired) electrons. The maximum absolute atomic E-state index is 13.6. The van der Waals surface area contributed by atoms with E-state index in [0.717, 1.165) is 0 Å². The zero-order valence-electron chi connectivity index (χ0n) is 17.3. The largest absolute Gasteiger partial charge is 0.505 e. The number of carboxylic acids is 1. The highest BCUT2D eigenvalue weighted by atomic mass is 19.1. The van der Waals surface area contributed by atoms with Crippen molar-refractivity contribution in [1.29, 1.82) is 5.26 Å². The van der Waals surface area contributed by atoms with Crippen LogP contribution in [0.5, 0.6) is 5.75 Å². The highest BCUT2D eigenvalue weighted by molar-refractivity contribution is 6.07. The van der Waals surface area contributed by atoms with E-state index in [1.807, 2.05) is 6.07 Å². The zero-order valence-corrected chi connectivity index (χ0v) is 17.3. The van der Waals surface area contributed by atoms with Crippen molar-refractivity contribution < 1.29 is 24.2 Å². The first-order valence-electron chi connectivity index (χ1n) is 9.83. The second-order valence-corrected chi connectivity index (χ2v) is 7.21. The van der Waals surface area contributed by atoms with Crippen LogP contribution in [0.2, 0.25) is 0 Å². The lowest BCUT2D eigenvalue weighted by Crippen LogP contribution is -2.30. The lowest BCUT2D eigenvalue weighted by molar-refractivity contribution is -0.135. The standard InChI is InChI=1S/C24H17FN4O4/c1-13-21-19(23(32)20(28-13)24(33)27-12-18(30)31)17(11-26)22(14-7-9-15(25)10-8-14)29(21)16-5-3-2-4-6-16/h2-10,32H,12H2,1H3,(H,27,33)(H,30,31). The molecule has 9 heteroatoms. The molecule has 0 atom stereocenters. The van der Waals surface area contributed by atoms with Crippen LogP contribution in [0.4, 0.5) is 4.39 Å². The lowest BCUT2D eigenvalue weighted by Gasteiger charge is -2.13. The van der Waals surface area contributed by atoms with Gasteiger partial charge in [-0.05, 0) is 43.3 Å². The fourth-order valence-corrected chi connectivity index (χ4v) is 3.76. The third-order valence-corrected chi connectivity index (χ3v) is 5.11. The summed E-state index contributed by atoms with van der Waals surface area (Å²) in [5.41, 5.74) is 1.96. The number of aliphatic carboxylic acids is 1. The second kappa shape index (κ2) is 8.43. The van der Waals surface area contributed by atoms with Gasteiger partial charge in [-0.3, -0.25) is 9.59 Å². The van der Waals surface area contributed by atoms with E-state index in [9.17, 15) is 24.3 Å². The van der Waals surface area contributed by atoms with Crippen LogP contribution in [0.3, 0.4) is 0 Å². The molecule has 33 heavy (non-hydrogen) atoms. The fourth-order valence-electron chi connectivity index (χ4n) is 3.76. The molecule has 2 heterocycles. The third-order valence-electron chi connectivity index (χ3n) is 5.11. The van der Waals surface area contributed by atoms with Crippen LogP contribution in [0.25, 0.3) is 27.8 Å². The molecule has 4 rings (SSSR count). The highest BCUT2D eigenvalue weighted by Crippen LogP contribution is 2.42. The molecule has 2 aromatic heterocycles. The number of halogens is 1. The number of nitriles is 1. The van der Waals surface area contributed by atoms with Crippen molar-refractivity contribution in [1.82, 2.24) is 14.9 Å². The number of amides is 1. The summed E-state index contributed by atoms with van der Waals surface area (Å²) in [7, 11) is 0. The molecule has 0 spiro atoms. The van der Waals surface area contributed by atoms with Gasteiger partial charge in [0.25, 0.3) is 5.91 Å². The topological polar surface area (TPSA) is 128 Å². The van der Waals surface area contributed by atoms with Crippen LogP contribution in [-0.4, -0.2) is 38.2 Å². The molecule has 0 unspecified atom stereocenters. The Labute approximate surface area is 187 Å². The molecule has 1 amide bonds. The minimum atomic E-state index is -1.26. The maximum Gasteiger partial charge on any atom is 0.322 e. The van der Waals surface area contributed by atoms with E-state index < -0.39 is 35.7 Å². The summed E-state index contributed by atoms with van der Waals surface area (Å²) in [6.45, 7) is 0.957. The lowest BCUT2D eigenvalue weighted by atomic mass is 10.0. The molecule has 2 aromatic carbocycles. The van der Waals surface area contributed by atoms with E-state index in [4.69, 9.17) is 5.11 Å². The normalized spacial score (nSPS) is 10.7. The molecule has 0 saturated heterocycles. The van der Waals surface area contributed by atoms with Crippen molar-refractivity contribution in [2.24, 2.45) is 0 Å². The van der Waals surface area contributed by atoms with Crippen molar-refractivity contribution in [2.75, 3.05) is 6.54 Å². The van der Waals surface area contributed by atoms with E-state index in [-0.39, 0.29) is 10.9 Å². The summed E-state index contributed by atoms with van der Waals surface area (Å²) >= 11 is 0. The minimum absolute atomic E-state index is 0.0655. The molecule has 164 valence electrons. The van der Waals surface area contributed by atoms with E-state index in [2.05, 4.69) is 16.4 Å². The second-order valence-electron chi connectivity index (χ2n) is 7.21. The SMILES string of the molecule is Cc1nc(C(=O)NCC(=O)O)c(O)c2c(C#N)c(-c3ccc(F)cc3)n(-c3ccccc3)c12. The van der Waals surface area contributed by atoms with E-state index in [1.54, 1.807) is 35.8 Å². The number of hydrogen-bond donors (Lipinski definition) is 3. The summed E-state index contributed by atoms with van der Waals surface area (Å²) in [5.74, 6) is -3.14. The first-order valence-corrected chi connectivity index (χ1v) is 9.83. The van der Waals surface area contributed by atoms with Gasteiger partial charge in [-0.25, -0.2) is 9.37 Å². The van der Waals surface area contributed by atoms with E-state index in [0.29, 0.717) is 28.2 Å². The quantitative estimate of drug-likeness (QED) is 0.432. The molecule has 0 aliphatic carbocycles. The number of rotatable bonds is 5.